The third-order valence-corrected chi connectivity index (χ3v) is 4.98. The van der Waals surface area contributed by atoms with Gasteiger partial charge in [-0.15, -0.1) is 0 Å². The molecule has 2 heterocycles. The summed E-state index contributed by atoms with van der Waals surface area (Å²) < 4.78 is 5.53. The molecule has 1 amide bonds. The van der Waals surface area contributed by atoms with Crippen LogP contribution in [0.5, 0.6) is 0 Å². The van der Waals surface area contributed by atoms with Gasteiger partial charge in [-0.2, -0.15) is 0 Å². The minimum absolute atomic E-state index is 0.135. The molecule has 0 aliphatic carbocycles. The van der Waals surface area contributed by atoms with Crippen LogP contribution in [0.25, 0.3) is 0 Å². The van der Waals surface area contributed by atoms with Gasteiger partial charge in [-0.05, 0) is 77.3 Å². The number of carbonyl (C=O) groups excluding carboxylic acids is 1. The van der Waals surface area contributed by atoms with Gasteiger partial charge in [-0.25, -0.2) is 4.79 Å². The number of rotatable bonds is 2. The van der Waals surface area contributed by atoms with Crippen molar-refractivity contribution in [3.8, 4) is 0 Å². The number of likely N-dealkylation sites (tertiary alicyclic amines) is 1. The van der Waals surface area contributed by atoms with E-state index in [2.05, 4.69) is 12.2 Å². The zero-order valence-electron chi connectivity index (χ0n) is 14.2. The van der Waals surface area contributed by atoms with Crippen molar-refractivity contribution in [3.63, 3.8) is 0 Å². The molecular weight excluding hydrogens is 264 g/mol. The molecule has 2 aliphatic heterocycles. The SMILES string of the molecule is CC(C1CCNCC1)C1CCCN(C(=O)OC(C)(C)C)C1. The molecule has 0 saturated carbocycles. The molecule has 2 saturated heterocycles. The highest BCUT2D eigenvalue weighted by Crippen LogP contribution is 2.33. The van der Waals surface area contributed by atoms with Crippen molar-refractivity contribution in [2.24, 2.45) is 17.8 Å². The van der Waals surface area contributed by atoms with E-state index in [4.69, 9.17) is 4.74 Å². The van der Waals surface area contributed by atoms with Gasteiger partial charge in [0.15, 0.2) is 0 Å². The molecule has 2 aliphatic rings. The number of hydrogen-bond donors (Lipinski definition) is 1. The first-order valence-corrected chi connectivity index (χ1v) is 8.55. The summed E-state index contributed by atoms with van der Waals surface area (Å²) in [5.74, 6) is 2.15. The largest absolute Gasteiger partial charge is 0.444 e. The fraction of sp³-hybridized carbons (Fsp3) is 0.941. The lowest BCUT2D eigenvalue weighted by Gasteiger charge is -2.40. The van der Waals surface area contributed by atoms with Gasteiger partial charge >= 0.3 is 6.09 Å². The smallest absolute Gasteiger partial charge is 0.410 e. The van der Waals surface area contributed by atoms with E-state index in [-0.39, 0.29) is 6.09 Å². The lowest BCUT2D eigenvalue weighted by atomic mass is 9.75. The molecule has 4 nitrogen and oxygen atoms in total. The lowest BCUT2D eigenvalue weighted by Crippen LogP contribution is -2.45. The normalized spacial score (nSPS) is 26.5. The van der Waals surface area contributed by atoms with Gasteiger partial charge in [-0.3, -0.25) is 0 Å². The van der Waals surface area contributed by atoms with Gasteiger partial charge in [0.05, 0.1) is 0 Å². The van der Waals surface area contributed by atoms with E-state index >= 15 is 0 Å². The molecule has 4 heteroatoms. The number of piperidine rings is 2. The first-order chi connectivity index (χ1) is 9.87. The highest BCUT2D eigenvalue weighted by molar-refractivity contribution is 5.68. The second-order valence-electron chi connectivity index (χ2n) is 7.78. The van der Waals surface area contributed by atoms with Crippen LogP contribution in [0.2, 0.25) is 0 Å². The molecule has 21 heavy (non-hydrogen) atoms. The topological polar surface area (TPSA) is 41.6 Å². The van der Waals surface area contributed by atoms with Crippen molar-refractivity contribution in [3.05, 3.63) is 0 Å². The molecule has 122 valence electrons. The van der Waals surface area contributed by atoms with Gasteiger partial charge < -0.3 is 15.0 Å². The highest BCUT2D eigenvalue weighted by Gasteiger charge is 2.33. The van der Waals surface area contributed by atoms with Crippen molar-refractivity contribution < 1.29 is 9.53 Å². The summed E-state index contributed by atoms with van der Waals surface area (Å²) in [5.41, 5.74) is -0.398. The van der Waals surface area contributed by atoms with Crippen molar-refractivity contribution in [1.82, 2.24) is 10.2 Å². The summed E-state index contributed by atoms with van der Waals surface area (Å²) in [5, 5.41) is 3.44. The number of carbonyl (C=O) groups is 1. The Bertz CT molecular complexity index is 345. The van der Waals surface area contributed by atoms with Crippen LogP contribution in [-0.2, 0) is 4.74 Å². The highest BCUT2D eigenvalue weighted by atomic mass is 16.6. The second-order valence-corrected chi connectivity index (χ2v) is 7.78. The summed E-state index contributed by atoms with van der Waals surface area (Å²) in [6, 6.07) is 0. The van der Waals surface area contributed by atoms with E-state index < -0.39 is 5.60 Å². The number of hydrogen-bond acceptors (Lipinski definition) is 3. The average molecular weight is 296 g/mol. The Morgan fingerprint density at radius 2 is 1.86 bits per heavy atom. The van der Waals surface area contributed by atoms with Crippen LogP contribution in [0.3, 0.4) is 0 Å². The predicted octanol–water partition coefficient (Wildman–Crippen LogP) is 3.27. The quantitative estimate of drug-likeness (QED) is 0.850. The maximum atomic E-state index is 12.3. The molecular formula is C17H32N2O2. The molecule has 0 spiro atoms. The molecule has 0 bridgehead atoms. The van der Waals surface area contributed by atoms with E-state index in [1.165, 1.54) is 19.3 Å². The van der Waals surface area contributed by atoms with Gasteiger partial charge in [0, 0.05) is 13.1 Å². The molecule has 2 unspecified atom stereocenters. The predicted molar refractivity (Wildman–Crippen MR) is 85.3 cm³/mol. The van der Waals surface area contributed by atoms with Gasteiger partial charge in [0.1, 0.15) is 5.60 Å². The third kappa shape index (κ3) is 4.87. The summed E-state index contributed by atoms with van der Waals surface area (Å²) in [6.45, 7) is 12.2. The van der Waals surface area contributed by atoms with Crippen molar-refractivity contribution >= 4 is 6.09 Å². The minimum Gasteiger partial charge on any atom is -0.444 e. The first-order valence-electron chi connectivity index (χ1n) is 8.55. The fourth-order valence-corrected chi connectivity index (χ4v) is 3.69. The Hall–Kier alpha value is -0.770. The number of nitrogens with zero attached hydrogens (tertiary/aromatic N) is 1. The zero-order valence-corrected chi connectivity index (χ0v) is 14.2. The van der Waals surface area contributed by atoms with Crippen LogP contribution in [-0.4, -0.2) is 42.8 Å². The van der Waals surface area contributed by atoms with Crippen molar-refractivity contribution in [2.45, 2.75) is 59.0 Å². The van der Waals surface area contributed by atoms with E-state index in [1.807, 2.05) is 25.7 Å². The molecule has 2 atom stereocenters. The molecule has 2 rings (SSSR count). The fourth-order valence-electron chi connectivity index (χ4n) is 3.69. The molecule has 1 N–H and O–H groups in total. The van der Waals surface area contributed by atoms with Crippen LogP contribution in [0.4, 0.5) is 4.79 Å². The lowest BCUT2D eigenvalue weighted by molar-refractivity contribution is 0.0103. The number of ether oxygens (including phenoxy) is 1. The van der Waals surface area contributed by atoms with Crippen LogP contribution < -0.4 is 5.32 Å². The first kappa shape index (κ1) is 16.6. The van der Waals surface area contributed by atoms with Crippen molar-refractivity contribution in [2.75, 3.05) is 26.2 Å². The zero-order chi connectivity index (χ0) is 15.5. The molecule has 0 aromatic carbocycles. The summed E-state index contributed by atoms with van der Waals surface area (Å²) >= 11 is 0. The van der Waals surface area contributed by atoms with Crippen molar-refractivity contribution in [1.29, 1.82) is 0 Å². The summed E-state index contributed by atoms with van der Waals surface area (Å²) in [6.07, 6.45) is 4.79. The molecule has 2 fully saturated rings. The summed E-state index contributed by atoms with van der Waals surface area (Å²) in [7, 11) is 0. The van der Waals surface area contributed by atoms with Crippen LogP contribution >= 0.6 is 0 Å². The molecule has 0 radical (unpaired) electrons. The number of nitrogens with one attached hydrogen (secondary N) is 1. The van der Waals surface area contributed by atoms with E-state index in [1.54, 1.807) is 0 Å². The summed E-state index contributed by atoms with van der Waals surface area (Å²) in [4.78, 5) is 14.2. The molecule has 0 aromatic rings. The minimum atomic E-state index is -0.398. The Balaban J connectivity index is 1.89. The monoisotopic (exact) mass is 296 g/mol. The molecule has 0 aromatic heterocycles. The van der Waals surface area contributed by atoms with Crippen LogP contribution in [0, 0.1) is 17.8 Å². The Labute approximate surface area is 129 Å². The van der Waals surface area contributed by atoms with E-state index in [0.29, 0.717) is 11.8 Å². The van der Waals surface area contributed by atoms with Gasteiger partial charge in [0.2, 0.25) is 0 Å². The van der Waals surface area contributed by atoms with Gasteiger partial charge in [-0.1, -0.05) is 6.92 Å². The maximum absolute atomic E-state index is 12.3. The van der Waals surface area contributed by atoms with Gasteiger partial charge in [0.25, 0.3) is 0 Å². The maximum Gasteiger partial charge on any atom is 0.410 e. The Morgan fingerprint density at radius 1 is 1.19 bits per heavy atom. The average Bonchev–Trinajstić information content (AvgIpc) is 2.46. The van der Waals surface area contributed by atoms with Crippen LogP contribution in [0.15, 0.2) is 0 Å². The van der Waals surface area contributed by atoms with E-state index in [9.17, 15) is 4.79 Å². The second kappa shape index (κ2) is 6.99. The van der Waals surface area contributed by atoms with E-state index in [0.717, 1.165) is 38.5 Å². The standard InChI is InChI=1S/C17H32N2O2/c1-13(14-7-9-18-10-8-14)15-6-5-11-19(12-15)16(20)21-17(2,3)4/h13-15,18H,5-12H2,1-4H3. The number of amides is 1. The Kier molecular flexibility index (Phi) is 5.53. The Morgan fingerprint density at radius 3 is 2.48 bits per heavy atom. The third-order valence-electron chi connectivity index (χ3n) is 4.98. The van der Waals surface area contributed by atoms with Crippen LogP contribution in [0.1, 0.15) is 53.4 Å².